The first-order chi connectivity index (χ1) is 20.3. The Morgan fingerprint density at radius 2 is 2.10 bits per heavy atom. The van der Waals surface area contributed by atoms with Crippen LogP contribution in [0.2, 0.25) is 0 Å². The van der Waals surface area contributed by atoms with Crippen LogP contribution in [-0.4, -0.2) is 73.0 Å². The van der Waals surface area contributed by atoms with Crippen molar-refractivity contribution in [2.24, 2.45) is 11.7 Å². The Bertz CT molecular complexity index is 1540. The van der Waals surface area contributed by atoms with Gasteiger partial charge in [0.05, 0.1) is 18.1 Å². The van der Waals surface area contributed by atoms with Crippen LogP contribution in [0.1, 0.15) is 50.5 Å². The summed E-state index contributed by atoms with van der Waals surface area (Å²) in [4.78, 5) is 54.8. The molecular formula is C30H34N6O5S. The lowest BCUT2D eigenvalue weighted by molar-refractivity contribution is -0.145. The predicted molar refractivity (Wildman–Crippen MR) is 157 cm³/mol. The van der Waals surface area contributed by atoms with E-state index in [0.717, 1.165) is 41.5 Å². The molecule has 12 heteroatoms. The molecule has 3 aromatic heterocycles. The zero-order valence-corrected chi connectivity index (χ0v) is 24.2. The van der Waals surface area contributed by atoms with Gasteiger partial charge in [-0.15, -0.1) is 11.3 Å². The fraction of sp³-hybridized carbons (Fsp3) is 0.467. The molecule has 3 aromatic rings. The highest BCUT2D eigenvalue weighted by Crippen LogP contribution is 2.45. The number of carboxylic acid groups (broad SMARTS) is 1. The Kier molecular flexibility index (Phi) is 7.67. The second kappa shape index (κ2) is 11.4. The van der Waals surface area contributed by atoms with Crippen LogP contribution in [0.4, 0.5) is 0 Å². The number of amides is 2. The van der Waals surface area contributed by atoms with Crippen LogP contribution in [-0.2, 0) is 14.4 Å². The molecule has 0 aromatic carbocycles. The lowest BCUT2D eigenvalue weighted by Gasteiger charge is -2.27. The average Bonchev–Trinajstić information content (AvgIpc) is 3.30. The molecule has 11 nitrogen and oxygen atoms in total. The van der Waals surface area contributed by atoms with Crippen molar-refractivity contribution >= 4 is 39.3 Å². The number of nitrogens with zero attached hydrogens (tertiary/aromatic N) is 4. The van der Waals surface area contributed by atoms with E-state index in [-0.39, 0.29) is 24.8 Å². The van der Waals surface area contributed by atoms with Gasteiger partial charge in [-0.25, -0.2) is 9.78 Å². The Morgan fingerprint density at radius 1 is 1.24 bits per heavy atom. The van der Waals surface area contributed by atoms with E-state index < -0.39 is 35.6 Å². The van der Waals surface area contributed by atoms with Crippen molar-refractivity contribution in [3.63, 3.8) is 0 Å². The minimum absolute atomic E-state index is 0.128. The summed E-state index contributed by atoms with van der Waals surface area (Å²) in [6.45, 7) is 2.09. The standard InChI is InChI=1S/C30H34N6O5S/c1-17-16-42-24-23(17)33-25(21-11-7-8-12-32-21)34-27(24)41-19-13-22-26(37)35-30(29(39)40)14-18(30)9-5-3-2-4-6-10-20(31)28(38)36(22)15-19/h5,7-9,11-12,16,18-20,22H,2-4,6,10,13-15,31H2,1H3,(H,35,37)(H,39,40)/b9-5-/t18-,19-,20+,22+,30-/m1/s1. The van der Waals surface area contributed by atoms with Crippen molar-refractivity contribution in [1.29, 1.82) is 0 Å². The highest BCUT2D eigenvalue weighted by molar-refractivity contribution is 7.17. The van der Waals surface area contributed by atoms with Crippen LogP contribution in [0.25, 0.3) is 21.7 Å². The summed E-state index contributed by atoms with van der Waals surface area (Å²) >= 11 is 1.46. The third-order valence-electron chi connectivity index (χ3n) is 8.40. The van der Waals surface area contributed by atoms with Gasteiger partial charge in [0, 0.05) is 18.5 Å². The normalized spacial score (nSPS) is 29.1. The number of hydrogen-bond acceptors (Lipinski definition) is 9. The average molecular weight is 591 g/mol. The quantitative estimate of drug-likeness (QED) is 0.388. The number of nitrogens with two attached hydrogens (primary N) is 1. The molecule has 3 aliphatic rings. The molecule has 0 spiro atoms. The summed E-state index contributed by atoms with van der Waals surface area (Å²) in [6.07, 6.45) is 9.44. The molecule has 2 aliphatic heterocycles. The largest absolute Gasteiger partial charge is 0.479 e. The van der Waals surface area contributed by atoms with Gasteiger partial charge < -0.3 is 25.8 Å². The van der Waals surface area contributed by atoms with Gasteiger partial charge in [0.2, 0.25) is 17.7 Å². The number of aryl methyl sites for hydroxylation is 1. The molecule has 2 fully saturated rings. The summed E-state index contributed by atoms with van der Waals surface area (Å²) in [5, 5.41) is 14.8. The Balaban J connectivity index is 1.30. The third kappa shape index (κ3) is 5.36. The molecule has 0 unspecified atom stereocenters. The molecule has 0 radical (unpaired) electrons. The van der Waals surface area contributed by atoms with E-state index >= 15 is 0 Å². The first kappa shape index (κ1) is 28.2. The lowest BCUT2D eigenvalue weighted by atomic mass is 10.1. The summed E-state index contributed by atoms with van der Waals surface area (Å²) in [5.74, 6) is -1.43. The van der Waals surface area contributed by atoms with Crippen molar-refractivity contribution in [3.05, 3.63) is 47.5 Å². The molecule has 220 valence electrons. The number of aliphatic carboxylic acids is 1. The monoisotopic (exact) mass is 590 g/mol. The molecule has 5 heterocycles. The van der Waals surface area contributed by atoms with Crippen LogP contribution < -0.4 is 15.8 Å². The molecule has 1 saturated carbocycles. The number of pyridine rings is 1. The highest BCUT2D eigenvalue weighted by Gasteiger charge is 2.61. The van der Waals surface area contributed by atoms with E-state index in [0.29, 0.717) is 30.2 Å². The van der Waals surface area contributed by atoms with Gasteiger partial charge in [0.15, 0.2) is 5.82 Å². The maximum atomic E-state index is 13.7. The number of hydrogen-bond donors (Lipinski definition) is 3. The Hall–Kier alpha value is -3.90. The fourth-order valence-electron chi connectivity index (χ4n) is 5.90. The molecule has 1 aliphatic carbocycles. The molecule has 5 atom stereocenters. The van der Waals surface area contributed by atoms with E-state index in [1.54, 1.807) is 6.20 Å². The number of fused-ring (bicyclic) bond motifs is 3. The summed E-state index contributed by atoms with van der Waals surface area (Å²) in [7, 11) is 0. The van der Waals surface area contributed by atoms with E-state index in [1.165, 1.54) is 16.2 Å². The van der Waals surface area contributed by atoms with Crippen LogP contribution in [0.5, 0.6) is 5.88 Å². The number of carbonyl (C=O) groups excluding carboxylic acids is 2. The number of rotatable bonds is 4. The summed E-state index contributed by atoms with van der Waals surface area (Å²) in [6, 6.07) is 3.82. The number of allylic oxidation sites excluding steroid dienone is 1. The Labute approximate surface area is 247 Å². The number of carboxylic acids is 1. The zero-order valence-electron chi connectivity index (χ0n) is 23.4. The number of carbonyl (C=O) groups is 3. The third-order valence-corrected chi connectivity index (χ3v) is 9.47. The first-order valence-electron chi connectivity index (χ1n) is 14.4. The second-order valence-corrected chi connectivity index (χ2v) is 12.3. The maximum absolute atomic E-state index is 13.7. The van der Waals surface area contributed by atoms with E-state index in [2.05, 4.69) is 10.3 Å². The highest BCUT2D eigenvalue weighted by atomic mass is 32.1. The SMILES string of the molecule is Cc1csc2c(O[C@@H]3C[C@H]4C(=O)N[C@]5(C(=O)O)C[C@H]5/C=C\CCCCC[C@H](N)C(=O)N4C3)nc(-c3ccccn3)nc12. The smallest absolute Gasteiger partial charge is 0.330 e. The fourth-order valence-corrected chi connectivity index (χ4v) is 6.81. The van der Waals surface area contributed by atoms with Crippen molar-refractivity contribution in [1.82, 2.24) is 25.2 Å². The minimum atomic E-state index is -1.37. The molecular weight excluding hydrogens is 556 g/mol. The lowest BCUT2D eigenvalue weighted by Crippen LogP contribution is -2.55. The number of ether oxygens (including phenoxy) is 1. The molecule has 1 saturated heterocycles. The first-order valence-corrected chi connectivity index (χ1v) is 15.3. The van der Waals surface area contributed by atoms with Crippen LogP contribution in [0.15, 0.2) is 41.9 Å². The van der Waals surface area contributed by atoms with E-state index in [4.69, 9.17) is 20.4 Å². The molecule has 0 bridgehead atoms. The van der Waals surface area contributed by atoms with Gasteiger partial charge in [-0.1, -0.05) is 31.1 Å². The van der Waals surface area contributed by atoms with Crippen LogP contribution in [0.3, 0.4) is 0 Å². The zero-order chi connectivity index (χ0) is 29.4. The maximum Gasteiger partial charge on any atom is 0.330 e. The summed E-state index contributed by atoms with van der Waals surface area (Å²) < 4.78 is 7.20. The Morgan fingerprint density at radius 3 is 2.88 bits per heavy atom. The van der Waals surface area contributed by atoms with Gasteiger partial charge in [0.1, 0.15) is 28.1 Å². The number of nitrogens with one attached hydrogen (secondary N) is 1. The van der Waals surface area contributed by atoms with Gasteiger partial charge in [-0.05, 0) is 55.7 Å². The molecule has 6 rings (SSSR count). The van der Waals surface area contributed by atoms with Crippen LogP contribution in [0, 0.1) is 12.8 Å². The molecule has 42 heavy (non-hydrogen) atoms. The van der Waals surface area contributed by atoms with Crippen molar-refractivity contribution in [3.8, 4) is 17.4 Å². The second-order valence-electron chi connectivity index (χ2n) is 11.4. The van der Waals surface area contributed by atoms with E-state index in [1.807, 2.05) is 42.7 Å². The summed E-state index contributed by atoms with van der Waals surface area (Å²) in [5.41, 5.74) is 7.30. The number of thiophene rings is 1. The van der Waals surface area contributed by atoms with E-state index in [9.17, 15) is 19.5 Å². The number of aromatic nitrogens is 3. The van der Waals surface area contributed by atoms with Crippen molar-refractivity contribution in [2.45, 2.75) is 75.6 Å². The minimum Gasteiger partial charge on any atom is -0.479 e. The van der Waals surface area contributed by atoms with Crippen molar-refractivity contribution in [2.75, 3.05) is 6.54 Å². The van der Waals surface area contributed by atoms with Gasteiger partial charge in [0.25, 0.3) is 0 Å². The van der Waals surface area contributed by atoms with Gasteiger partial charge in [-0.2, -0.15) is 4.98 Å². The van der Waals surface area contributed by atoms with Crippen molar-refractivity contribution < 1.29 is 24.2 Å². The predicted octanol–water partition coefficient (Wildman–Crippen LogP) is 3.22. The topological polar surface area (TPSA) is 161 Å². The van der Waals surface area contributed by atoms with Gasteiger partial charge >= 0.3 is 5.97 Å². The van der Waals surface area contributed by atoms with Crippen LogP contribution >= 0.6 is 11.3 Å². The van der Waals surface area contributed by atoms with Gasteiger partial charge in [-0.3, -0.25) is 14.6 Å². The molecule has 2 amide bonds. The molecule has 4 N–H and O–H groups in total.